The van der Waals surface area contributed by atoms with Gasteiger partial charge in [0.05, 0.1) is 17.1 Å². The molecule has 0 bridgehead atoms. The average Bonchev–Trinajstić information content (AvgIpc) is 3.77. The number of thiophene rings is 1. The Labute approximate surface area is 334 Å². The van der Waals surface area contributed by atoms with E-state index in [0.717, 1.165) is 54.2 Å². The first kappa shape index (κ1) is 40.2. The summed E-state index contributed by atoms with van der Waals surface area (Å²) in [6.45, 7) is 5.37. The first-order valence-corrected chi connectivity index (χ1v) is 23.1. The lowest BCUT2D eigenvalue weighted by Crippen LogP contribution is -2.51. The molecule has 10 nitrogen and oxygen atoms in total. The standard InChI is InChI=1S/C44H55N4O6PS/c1-4-29(2)53-44(51)30(3)47-55(52,54-38-15-6-5-7-16-38)28-32-18-21-40-35(24-32)26-41(56-40)42(49)46-39-17-9-14-36-19-20-37(48(36)43(39)50)25-31-11-8-12-33(23-31)34-13-10-22-45-27-34/h5-7,10,13,15-16,18,21-22,24,26-27,29-31,33,36-37,39H,4,8-9,11-12,14,17,19-20,23,25,28H2,1-3H3,(H,46,49)(H,47,52)/t29-,30-,31?,33?,36-,37?,39-,55?/m0/s1. The van der Waals surface area contributed by atoms with Crippen LogP contribution in [-0.2, 0) is 25.1 Å². The molecule has 3 aliphatic rings. The molecule has 56 heavy (non-hydrogen) atoms. The van der Waals surface area contributed by atoms with E-state index in [1.54, 1.807) is 31.2 Å². The largest absolute Gasteiger partial charge is 0.462 e. The summed E-state index contributed by atoms with van der Waals surface area (Å²) in [7, 11) is -3.67. The van der Waals surface area contributed by atoms with Gasteiger partial charge in [-0.05, 0) is 136 Å². The van der Waals surface area contributed by atoms with Crippen LogP contribution in [0.2, 0.25) is 0 Å². The summed E-state index contributed by atoms with van der Waals surface area (Å²) in [6, 6.07) is 19.7. The Kier molecular flexibility index (Phi) is 12.9. The molecule has 4 unspecified atom stereocenters. The molecular formula is C44H55N4O6PS. The maximum atomic E-state index is 14.4. The van der Waals surface area contributed by atoms with E-state index in [4.69, 9.17) is 9.26 Å². The minimum atomic E-state index is -3.67. The van der Waals surface area contributed by atoms with Crippen LogP contribution < -0.4 is 14.9 Å². The number of benzene rings is 2. The van der Waals surface area contributed by atoms with Crippen molar-refractivity contribution in [3.8, 4) is 5.75 Å². The monoisotopic (exact) mass is 798 g/mol. The van der Waals surface area contributed by atoms with E-state index in [1.165, 1.54) is 36.2 Å². The van der Waals surface area contributed by atoms with Gasteiger partial charge in [-0.15, -0.1) is 11.3 Å². The molecule has 2 aromatic carbocycles. The third kappa shape index (κ3) is 9.72. The highest BCUT2D eigenvalue weighted by Gasteiger charge is 2.43. The van der Waals surface area contributed by atoms with Crippen molar-refractivity contribution < 1.29 is 28.2 Å². The summed E-state index contributed by atoms with van der Waals surface area (Å²) in [5, 5.41) is 6.92. The van der Waals surface area contributed by atoms with Gasteiger partial charge < -0.3 is 19.5 Å². The van der Waals surface area contributed by atoms with E-state index in [2.05, 4.69) is 26.4 Å². The van der Waals surface area contributed by atoms with Crippen LogP contribution in [0, 0.1) is 5.92 Å². The van der Waals surface area contributed by atoms with Gasteiger partial charge >= 0.3 is 13.5 Å². The van der Waals surface area contributed by atoms with E-state index < -0.39 is 25.6 Å². The summed E-state index contributed by atoms with van der Waals surface area (Å²) in [6.07, 6.45) is 14.6. The molecule has 8 atom stereocenters. The number of nitrogens with zero attached hydrogens (tertiary/aromatic N) is 2. The first-order chi connectivity index (χ1) is 27.1. The SMILES string of the molecule is CC[C@H](C)OC(=O)[C@H](C)NP(=O)(Cc1ccc2sc(C(=O)N[C@H]3CCC[C@H]4CCC(CC5CCCC(c6cccnc6)C5)N4C3=O)cc2c1)Oc1ccccc1. The summed E-state index contributed by atoms with van der Waals surface area (Å²) in [5.74, 6) is 0.846. The summed E-state index contributed by atoms with van der Waals surface area (Å²) in [5.41, 5.74) is 2.05. The van der Waals surface area contributed by atoms with Gasteiger partial charge in [-0.25, -0.2) is 5.09 Å². The maximum absolute atomic E-state index is 14.4. The zero-order valence-electron chi connectivity index (χ0n) is 32.7. The molecule has 2 N–H and O–H groups in total. The molecule has 4 heterocycles. The Bertz CT molecular complexity index is 2030. The van der Waals surface area contributed by atoms with Gasteiger partial charge in [0.25, 0.3) is 5.91 Å². The van der Waals surface area contributed by atoms with Gasteiger partial charge in [-0.3, -0.25) is 23.9 Å². The van der Waals surface area contributed by atoms with Gasteiger partial charge in [0.15, 0.2) is 0 Å². The van der Waals surface area contributed by atoms with Gasteiger partial charge in [0.1, 0.15) is 17.8 Å². The average molecular weight is 799 g/mol. The Morgan fingerprint density at radius 1 is 0.982 bits per heavy atom. The number of carbonyl (C=O) groups excluding carboxylic acids is 3. The van der Waals surface area contributed by atoms with E-state index >= 15 is 0 Å². The Balaban J connectivity index is 1.02. The molecule has 7 rings (SSSR count). The highest BCUT2D eigenvalue weighted by molar-refractivity contribution is 7.56. The quantitative estimate of drug-likeness (QED) is 0.0955. The predicted molar refractivity (Wildman–Crippen MR) is 221 cm³/mol. The molecular weight excluding hydrogens is 744 g/mol. The van der Waals surface area contributed by atoms with E-state index in [-0.39, 0.29) is 36.2 Å². The van der Waals surface area contributed by atoms with Crippen LogP contribution >= 0.6 is 18.9 Å². The third-order valence-electron chi connectivity index (χ3n) is 11.9. The topological polar surface area (TPSA) is 127 Å². The van der Waals surface area contributed by atoms with Crippen molar-refractivity contribution >= 4 is 46.7 Å². The van der Waals surface area contributed by atoms with Crippen LogP contribution in [-0.4, -0.2) is 57.9 Å². The number of esters is 1. The fourth-order valence-corrected chi connectivity index (χ4v) is 11.9. The second-order valence-electron chi connectivity index (χ2n) is 16.1. The number of carbonyl (C=O) groups is 3. The van der Waals surface area contributed by atoms with Crippen molar-refractivity contribution in [2.75, 3.05) is 0 Å². The number of pyridine rings is 1. The van der Waals surface area contributed by atoms with Gasteiger partial charge in [0.2, 0.25) is 5.91 Å². The molecule has 2 amide bonds. The normalized spacial score (nSPS) is 24.7. The van der Waals surface area contributed by atoms with Crippen LogP contribution in [0.5, 0.6) is 5.75 Å². The molecule has 1 aliphatic carbocycles. The van der Waals surface area contributed by atoms with Crippen LogP contribution in [0.15, 0.2) is 79.1 Å². The van der Waals surface area contributed by atoms with E-state index in [9.17, 15) is 18.9 Å². The van der Waals surface area contributed by atoms with Crippen molar-refractivity contribution in [3.05, 3.63) is 95.1 Å². The second-order valence-corrected chi connectivity index (χ2v) is 19.3. The van der Waals surface area contributed by atoms with Crippen molar-refractivity contribution in [1.82, 2.24) is 20.3 Å². The molecule has 4 aromatic rings. The number of rotatable bonds is 14. The summed E-state index contributed by atoms with van der Waals surface area (Å²) >= 11 is 1.38. The third-order valence-corrected chi connectivity index (χ3v) is 15.1. The zero-order valence-corrected chi connectivity index (χ0v) is 34.4. The molecule has 2 aliphatic heterocycles. The number of para-hydroxylation sites is 1. The number of hydrogen-bond acceptors (Lipinski definition) is 8. The number of hydrogen-bond donors (Lipinski definition) is 2. The molecule has 1 saturated carbocycles. The molecule has 0 spiro atoms. The fraction of sp³-hybridized carbons (Fsp3) is 0.500. The minimum Gasteiger partial charge on any atom is -0.462 e. The molecule has 2 aromatic heterocycles. The van der Waals surface area contributed by atoms with Gasteiger partial charge in [-0.1, -0.05) is 50.1 Å². The lowest BCUT2D eigenvalue weighted by atomic mass is 9.76. The minimum absolute atomic E-state index is 0.00980. The zero-order chi connectivity index (χ0) is 39.2. The predicted octanol–water partition coefficient (Wildman–Crippen LogP) is 9.39. The number of nitrogens with one attached hydrogen (secondary N) is 2. The maximum Gasteiger partial charge on any atom is 0.323 e. The van der Waals surface area contributed by atoms with Crippen LogP contribution in [0.3, 0.4) is 0 Å². The number of aromatic nitrogens is 1. The summed E-state index contributed by atoms with van der Waals surface area (Å²) in [4.78, 5) is 47.9. The van der Waals surface area contributed by atoms with E-state index in [0.29, 0.717) is 35.3 Å². The van der Waals surface area contributed by atoms with Crippen molar-refractivity contribution in [2.24, 2.45) is 5.92 Å². The number of fused-ring (bicyclic) bond motifs is 2. The lowest BCUT2D eigenvalue weighted by Gasteiger charge is -2.36. The van der Waals surface area contributed by atoms with Gasteiger partial charge in [-0.2, -0.15) is 0 Å². The van der Waals surface area contributed by atoms with Crippen molar-refractivity contribution in [2.45, 2.75) is 134 Å². The van der Waals surface area contributed by atoms with Crippen molar-refractivity contribution in [1.29, 1.82) is 0 Å². The number of ether oxygens (including phenoxy) is 1. The Hall–Kier alpha value is -4.05. The van der Waals surface area contributed by atoms with Crippen LogP contribution in [0.4, 0.5) is 0 Å². The molecule has 0 radical (unpaired) electrons. The Morgan fingerprint density at radius 3 is 2.59 bits per heavy atom. The highest BCUT2D eigenvalue weighted by atomic mass is 32.1. The molecule has 298 valence electrons. The fourth-order valence-electron chi connectivity index (χ4n) is 8.90. The second kappa shape index (κ2) is 18.0. The van der Waals surface area contributed by atoms with Gasteiger partial charge in [0, 0.05) is 29.2 Å². The lowest BCUT2D eigenvalue weighted by molar-refractivity contribution is -0.150. The molecule has 12 heteroatoms. The summed E-state index contributed by atoms with van der Waals surface area (Å²) < 4.78 is 26.9. The number of amides is 2. The Morgan fingerprint density at radius 2 is 1.80 bits per heavy atom. The smallest absolute Gasteiger partial charge is 0.323 e. The molecule has 3 fully saturated rings. The van der Waals surface area contributed by atoms with Crippen molar-refractivity contribution in [3.63, 3.8) is 0 Å². The molecule has 2 saturated heterocycles. The van der Waals surface area contributed by atoms with Crippen LogP contribution in [0.25, 0.3) is 10.1 Å². The first-order valence-electron chi connectivity index (χ1n) is 20.4. The van der Waals surface area contributed by atoms with Crippen LogP contribution in [0.1, 0.15) is 118 Å². The van der Waals surface area contributed by atoms with E-state index in [1.807, 2.05) is 62.6 Å². The highest BCUT2D eigenvalue weighted by Crippen LogP contribution is 2.48.